The Balaban J connectivity index is 2.37. The number of thioether (sulfide) groups is 1. The van der Waals surface area contributed by atoms with Crippen molar-refractivity contribution in [1.82, 2.24) is 4.57 Å². The summed E-state index contributed by atoms with van der Waals surface area (Å²) in [4.78, 5) is 0. The highest BCUT2D eigenvalue weighted by Gasteiger charge is 2.02. The van der Waals surface area contributed by atoms with Crippen LogP contribution in [0, 0.1) is 0 Å². The second-order valence-corrected chi connectivity index (χ2v) is 4.43. The summed E-state index contributed by atoms with van der Waals surface area (Å²) in [5, 5.41) is 9.47. The van der Waals surface area contributed by atoms with Gasteiger partial charge in [-0.2, -0.15) is 5.10 Å². The predicted molar refractivity (Wildman–Crippen MR) is 75.7 cm³/mol. The lowest BCUT2D eigenvalue weighted by atomic mass is 10.2. The van der Waals surface area contributed by atoms with Crippen molar-refractivity contribution in [1.29, 1.82) is 0 Å². The normalized spacial score (nSPS) is 12.7. The second kappa shape index (κ2) is 5.05. The van der Waals surface area contributed by atoms with Gasteiger partial charge in [0.25, 0.3) is 0 Å². The van der Waals surface area contributed by atoms with Crippen molar-refractivity contribution in [3.63, 3.8) is 0 Å². The van der Waals surface area contributed by atoms with Crippen molar-refractivity contribution in [3.05, 3.63) is 36.0 Å². The van der Waals surface area contributed by atoms with Gasteiger partial charge < -0.3 is 10.3 Å². The number of benzene rings is 1. The molecule has 0 amide bonds. The summed E-state index contributed by atoms with van der Waals surface area (Å²) in [6.07, 6.45) is 5.62. The zero-order chi connectivity index (χ0) is 12.3. The van der Waals surface area contributed by atoms with Crippen molar-refractivity contribution in [2.75, 3.05) is 6.26 Å². The largest absolute Gasteiger partial charge is 0.377 e. The van der Waals surface area contributed by atoms with Crippen molar-refractivity contribution in [2.45, 2.75) is 0 Å². The Labute approximate surface area is 104 Å². The molecule has 1 aromatic carbocycles. The molecular formula is C12H14N4S. The van der Waals surface area contributed by atoms with E-state index < -0.39 is 0 Å². The van der Waals surface area contributed by atoms with Crippen LogP contribution in [0.3, 0.4) is 0 Å². The number of hydrogen-bond acceptors (Lipinski definition) is 3. The Bertz CT molecular complexity index is 583. The van der Waals surface area contributed by atoms with Gasteiger partial charge in [-0.15, -0.1) is 5.10 Å². The standard InChI is InChI=1S/C12H14N4S/c1-16-8-9(7-14-15-12(13)17-2)10-5-3-4-6-11(10)16/h3-8H,1-2H3,(H2,13,15)/b14-7-. The number of amidine groups is 1. The van der Waals surface area contributed by atoms with E-state index in [9.17, 15) is 0 Å². The minimum Gasteiger partial charge on any atom is -0.377 e. The van der Waals surface area contributed by atoms with E-state index in [1.807, 2.05) is 31.6 Å². The molecule has 2 rings (SSSR count). The third kappa shape index (κ3) is 2.50. The minimum atomic E-state index is 0.460. The molecule has 88 valence electrons. The summed E-state index contributed by atoms with van der Waals surface area (Å²) in [7, 11) is 2.01. The molecule has 0 saturated carbocycles. The van der Waals surface area contributed by atoms with Crippen LogP contribution in [0.15, 0.2) is 40.7 Å². The molecule has 0 spiro atoms. The molecule has 17 heavy (non-hydrogen) atoms. The van der Waals surface area contributed by atoms with Crippen LogP contribution >= 0.6 is 11.8 Å². The van der Waals surface area contributed by atoms with Crippen LogP contribution in [0.1, 0.15) is 5.56 Å². The quantitative estimate of drug-likeness (QED) is 0.501. The maximum absolute atomic E-state index is 5.55. The highest BCUT2D eigenvalue weighted by Crippen LogP contribution is 2.18. The number of nitrogens with two attached hydrogens (primary N) is 1. The van der Waals surface area contributed by atoms with Gasteiger partial charge in [-0.05, 0) is 12.3 Å². The van der Waals surface area contributed by atoms with Gasteiger partial charge >= 0.3 is 0 Å². The molecule has 0 bridgehead atoms. The summed E-state index contributed by atoms with van der Waals surface area (Å²) in [5.41, 5.74) is 7.77. The monoisotopic (exact) mass is 246 g/mol. The van der Waals surface area contributed by atoms with Crippen LogP contribution in [0.25, 0.3) is 10.9 Å². The Hall–Kier alpha value is -1.75. The predicted octanol–water partition coefficient (Wildman–Crippen LogP) is 2.19. The summed E-state index contributed by atoms with van der Waals surface area (Å²) in [6, 6.07) is 8.18. The lowest BCUT2D eigenvalue weighted by Crippen LogP contribution is -2.03. The molecular weight excluding hydrogens is 232 g/mol. The van der Waals surface area contributed by atoms with E-state index in [1.54, 1.807) is 6.21 Å². The number of nitrogens with zero attached hydrogens (tertiary/aromatic N) is 3. The van der Waals surface area contributed by atoms with Crippen LogP contribution < -0.4 is 5.73 Å². The topological polar surface area (TPSA) is 55.7 Å². The van der Waals surface area contributed by atoms with Gasteiger partial charge in [0, 0.05) is 29.7 Å². The summed E-state index contributed by atoms with van der Waals surface area (Å²) in [6.45, 7) is 0. The molecule has 0 atom stereocenters. The van der Waals surface area contributed by atoms with E-state index in [-0.39, 0.29) is 0 Å². The third-order valence-electron chi connectivity index (χ3n) is 2.49. The Morgan fingerprint density at radius 3 is 2.94 bits per heavy atom. The molecule has 0 aliphatic carbocycles. The van der Waals surface area contributed by atoms with Crippen molar-refractivity contribution in [2.24, 2.45) is 23.0 Å². The molecule has 1 aromatic heterocycles. The highest BCUT2D eigenvalue weighted by molar-refractivity contribution is 8.13. The number of rotatable bonds is 2. The smallest absolute Gasteiger partial charge is 0.180 e. The molecule has 0 aliphatic rings. The van der Waals surface area contributed by atoms with E-state index in [1.165, 1.54) is 17.3 Å². The van der Waals surface area contributed by atoms with E-state index in [2.05, 4.69) is 26.9 Å². The SMILES string of the molecule is CS/C(N)=N/N=C\c1cn(C)c2ccccc12. The molecule has 0 saturated heterocycles. The molecule has 4 nitrogen and oxygen atoms in total. The summed E-state index contributed by atoms with van der Waals surface area (Å²) in [5.74, 6) is 0. The van der Waals surface area contributed by atoms with Gasteiger partial charge in [-0.25, -0.2) is 0 Å². The number of aryl methyl sites for hydroxylation is 1. The van der Waals surface area contributed by atoms with Crippen molar-refractivity contribution >= 4 is 34.0 Å². The zero-order valence-electron chi connectivity index (χ0n) is 9.79. The fourth-order valence-electron chi connectivity index (χ4n) is 1.66. The average Bonchev–Trinajstić information content (AvgIpc) is 2.67. The van der Waals surface area contributed by atoms with E-state index in [0.29, 0.717) is 5.17 Å². The van der Waals surface area contributed by atoms with E-state index in [4.69, 9.17) is 5.73 Å². The minimum absolute atomic E-state index is 0.460. The van der Waals surface area contributed by atoms with Crippen LogP contribution in [0.2, 0.25) is 0 Å². The fraction of sp³-hybridized carbons (Fsp3) is 0.167. The Morgan fingerprint density at radius 1 is 1.41 bits per heavy atom. The lowest BCUT2D eigenvalue weighted by Gasteiger charge is -1.92. The first-order valence-corrected chi connectivity index (χ1v) is 6.39. The number of aromatic nitrogens is 1. The van der Waals surface area contributed by atoms with Crippen LogP contribution in [0.5, 0.6) is 0 Å². The summed E-state index contributed by atoms with van der Waals surface area (Å²) >= 11 is 1.38. The lowest BCUT2D eigenvalue weighted by molar-refractivity contribution is 0.968. The molecule has 2 aromatic rings. The first kappa shape index (κ1) is 11.7. The first-order valence-electron chi connectivity index (χ1n) is 5.17. The van der Waals surface area contributed by atoms with Crippen LogP contribution in [0.4, 0.5) is 0 Å². The van der Waals surface area contributed by atoms with Gasteiger partial charge in [-0.1, -0.05) is 30.0 Å². The molecule has 0 fully saturated rings. The van der Waals surface area contributed by atoms with Gasteiger partial charge in [0.05, 0.1) is 6.21 Å². The molecule has 1 heterocycles. The maximum atomic E-state index is 5.55. The highest BCUT2D eigenvalue weighted by atomic mass is 32.2. The van der Waals surface area contributed by atoms with Crippen LogP contribution in [-0.4, -0.2) is 22.2 Å². The van der Waals surface area contributed by atoms with E-state index in [0.717, 1.165) is 10.9 Å². The third-order valence-corrected chi connectivity index (χ3v) is 2.99. The van der Waals surface area contributed by atoms with Crippen molar-refractivity contribution in [3.8, 4) is 0 Å². The van der Waals surface area contributed by atoms with Crippen molar-refractivity contribution < 1.29 is 0 Å². The molecule has 5 heteroatoms. The van der Waals surface area contributed by atoms with Gasteiger partial charge in [-0.3, -0.25) is 0 Å². The number of fused-ring (bicyclic) bond motifs is 1. The zero-order valence-corrected chi connectivity index (χ0v) is 10.6. The summed E-state index contributed by atoms with van der Waals surface area (Å²) < 4.78 is 2.07. The first-order chi connectivity index (χ1) is 8.22. The van der Waals surface area contributed by atoms with E-state index >= 15 is 0 Å². The molecule has 0 radical (unpaired) electrons. The average molecular weight is 246 g/mol. The number of hydrogen-bond donors (Lipinski definition) is 1. The molecule has 0 aliphatic heterocycles. The Morgan fingerprint density at radius 2 is 2.18 bits per heavy atom. The number of para-hydroxylation sites is 1. The molecule has 0 unspecified atom stereocenters. The van der Waals surface area contributed by atoms with Gasteiger partial charge in [0.2, 0.25) is 0 Å². The molecule has 2 N–H and O–H groups in total. The maximum Gasteiger partial charge on any atom is 0.180 e. The second-order valence-electron chi connectivity index (χ2n) is 3.60. The fourth-order valence-corrected chi connectivity index (χ4v) is 1.79. The van der Waals surface area contributed by atoms with Crippen LogP contribution in [-0.2, 0) is 7.05 Å². The van der Waals surface area contributed by atoms with Gasteiger partial charge in [0.1, 0.15) is 0 Å². The Kier molecular flexibility index (Phi) is 3.49. The van der Waals surface area contributed by atoms with Gasteiger partial charge in [0.15, 0.2) is 5.17 Å².